The summed E-state index contributed by atoms with van der Waals surface area (Å²) in [4.78, 5) is 11.3. The summed E-state index contributed by atoms with van der Waals surface area (Å²) in [6.07, 6.45) is 0. The van der Waals surface area contributed by atoms with Crippen LogP contribution in [0.3, 0.4) is 0 Å². The molecular weight excluding hydrogens is 276 g/mol. The molecule has 0 spiro atoms. The second kappa shape index (κ2) is 5.67. The summed E-state index contributed by atoms with van der Waals surface area (Å²) in [5, 5.41) is 14.1. The number of benzene rings is 1. The average molecular weight is 293 g/mol. The van der Waals surface area contributed by atoms with Crippen molar-refractivity contribution in [1.82, 2.24) is 9.78 Å². The molecule has 1 aromatic carbocycles. The van der Waals surface area contributed by atoms with Gasteiger partial charge in [-0.15, -0.1) is 0 Å². The van der Waals surface area contributed by atoms with Gasteiger partial charge in [-0.25, -0.2) is 4.79 Å². The highest BCUT2D eigenvalue weighted by atomic mass is 35.5. The van der Waals surface area contributed by atoms with Crippen molar-refractivity contribution in [3.05, 3.63) is 40.5 Å². The Labute approximate surface area is 123 Å². The Morgan fingerprint density at radius 3 is 2.45 bits per heavy atom. The van der Waals surface area contributed by atoms with Crippen LogP contribution in [0.15, 0.2) is 24.3 Å². The van der Waals surface area contributed by atoms with Crippen LogP contribution < -0.4 is 0 Å². The Hall–Kier alpha value is -1.81. The van der Waals surface area contributed by atoms with Gasteiger partial charge in [0.2, 0.25) is 0 Å². The number of hydrogen-bond donors (Lipinski definition) is 1. The number of aromatic carboxylic acids is 1. The molecule has 2 aromatic rings. The molecular formula is C15H17ClN2O2. The zero-order valence-corrected chi connectivity index (χ0v) is 12.5. The van der Waals surface area contributed by atoms with E-state index in [0.717, 1.165) is 11.3 Å². The minimum Gasteiger partial charge on any atom is -0.476 e. The van der Waals surface area contributed by atoms with Crippen LogP contribution in [0.25, 0.3) is 11.3 Å². The summed E-state index contributed by atoms with van der Waals surface area (Å²) >= 11 is 5.90. The molecule has 0 saturated heterocycles. The number of halogens is 1. The van der Waals surface area contributed by atoms with Crippen molar-refractivity contribution < 1.29 is 9.90 Å². The van der Waals surface area contributed by atoms with Crippen LogP contribution >= 0.6 is 11.6 Å². The number of carboxylic acids is 1. The number of carbonyl (C=O) groups is 1. The first-order valence-electron chi connectivity index (χ1n) is 6.46. The van der Waals surface area contributed by atoms with E-state index in [0.29, 0.717) is 23.0 Å². The fourth-order valence-corrected chi connectivity index (χ4v) is 2.33. The van der Waals surface area contributed by atoms with E-state index >= 15 is 0 Å². The Morgan fingerprint density at radius 2 is 1.95 bits per heavy atom. The Bertz CT molecular complexity index is 630. The maximum Gasteiger partial charge on any atom is 0.356 e. The maximum atomic E-state index is 11.3. The Kier molecular flexibility index (Phi) is 4.14. The highest BCUT2D eigenvalue weighted by Crippen LogP contribution is 2.28. The molecule has 2 rings (SSSR count). The van der Waals surface area contributed by atoms with E-state index in [1.807, 2.05) is 12.1 Å². The van der Waals surface area contributed by atoms with Crippen LogP contribution in [-0.4, -0.2) is 20.9 Å². The van der Waals surface area contributed by atoms with E-state index in [1.165, 1.54) is 0 Å². The third kappa shape index (κ3) is 2.85. The van der Waals surface area contributed by atoms with Crippen LogP contribution in [-0.2, 0) is 6.54 Å². The lowest BCUT2D eigenvalue weighted by Crippen LogP contribution is -2.09. The van der Waals surface area contributed by atoms with Crippen molar-refractivity contribution in [3.63, 3.8) is 0 Å². The lowest BCUT2D eigenvalue weighted by Gasteiger charge is -2.11. The van der Waals surface area contributed by atoms with Gasteiger partial charge >= 0.3 is 5.97 Å². The fourth-order valence-electron chi connectivity index (χ4n) is 2.21. The van der Waals surface area contributed by atoms with Crippen molar-refractivity contribution in [2.24, 2.45) is 5.92 Å². The van der Waals surface area contributed by atoms with Crippen LogP contribution in [0.5, 0.6) is 0 Å². The highest BCUT2D eigenvalue weighted by molar-refractivity contribution is 6.30. The van der Waals surface area contributed by atoms with Gasteiger partial charge in [-0.2, -0.15) is 5.10 Å². The van der Waals surface area contributed by atoms with Crippen molar-refractivity contribution >= 4 is 17.6 Å². The van der Waals surface area contributed by atoms with Gasteiger partial charge in [0.05, 0.1) is 5.69 Å². The first-order valence-corrected chi connectivity index (χ1v) is 6.84. The first-order chi connectivity index (χ1) is 9.40. The summed E-state index contributed by atoms with van der Waals surface area (Å²) in [7, 11) is 0. The number of carboxylic acid groups (broad SMARTS) is 1. The lowest BCUT2D eigenvalue weighted by atomic mass is 10.1. The highest BCUT2D eigenvalue weighted by Gasteiger charge is 2.20. The summed E-state index contributed by atoms with van der Waals surface area (Å²) in [6.45, 7) is 6.61. The standard InChI is InChI=1S/C15H17ClN2O2/c1-9(2)8-18-14(10(3)13(17-18)15(19)20)11-4-6-12(16)7-5-11/h4-7,9H,8H2,1-3H3,(H,19,20). The molecule has 20 heavy (non-hydrogen) atoms. The molecule has 0 radical (unpaired) electrons. The SMILES string of the molecule is Cc1c(C(=O)O)nn(CC(C)C)c1-c1ccc(Cl)cc1. The molecule has 1 heterocycles. The molecule has 0 amide bonds. The van der Waals surface area contributed by atoms with Crippen molar-refractivity contribution in [1.29, 1.82) is 0 Å². The summed E-state index contributed by atoms with van der Waals surface area (Å²) < 4.78 is 1.77. The lowest BCUT2D eigenvalue weighted by molar-refractivity contribution is 0.0688. The molecule has 5 heteroatoms. The fraction of sp³-hybridized carbons (Fsp3) is 0.333. The number of nitrogens with zero attached hydrogens (tertiary/aromatic N) is 2. The second-order valence-electron chi connectivity index (χ2n) is 5.21. The minimum atomic E-state index is -1.000. The monoisotopic (exact) mass is 292 g/mol. The predicted octanol–water partition coefficient (Wildman–Crippen LogP) is 3.87. The van der Waals surface area contributed by atoms with E-state index in [9.17, 15) is 9.90 Å². The predicted molar refractivity (Wildman–Crippen MR) is 79.2 cm³/mol. The second-order valence-corrected chi connectivity index (χ2v) is 5.65. The minimum absolute atomic E-state index is 0.107. The van der Waals surface area contributed by atoms with E-state index < -0.39 is 5.97 Å². The number of hydrogen-bond acceptors (Lipinski definition) is 2. The smallest absolute Gasteiger partial charge is 0.356 e. The number of aromatic nitrogens is 2. The van der Waals surface area contributed by atoms with Gasteiger partial charge in [0.15, 0.2) is 5.69 Å². The van der Waals surface area contributed by atoms with Crippen molar-refractivity contribution in [2.45, 2.75) is 27.3 Å². The molecule has 0 aliphatic carbocycles. The average Bonchev–Trinajstić information content (AvgIpc) is 2.67. The van der Waals surface area contributed by atoms with Gasteiger partial charge in [0, 0.05) is 22.7 Å². The molecule has 106 valence electrons. The van der Waals surface area contributed by atoms with E-state index in [4.69, 9.17) is 11.6 Å². The summed E-state index contributed by atoms with van der Waals surface area (Å²) in [6, 6.07) is 7.36. The van der Waals surface area contributed by atoms with Crippen molar-refractivity contribution in [3.8, 4) is 11.3 Å². The summed E-state index contributed by atoms with van der Waals surface area (Å²) in [5.41, 5.74) is 2.55. The molecule has 0 atom stereocenters. The molecule has 0 unspecified atom stereocenters. The molecule has 0 bridgehead atoms. The molecule has 4 nitrogen and oxygen atoms in total. The molecule has 0 aliphatic heterocycles. The van der Waals surface area contributed by atoms with E-state index in [2.05, 4.69) is 18.9 Å². The molecule has 0 fully saturated rings. The zero-order valence-electron chi connectivity index (χ0n) is 11.7. The largest absolute Gasteiger partial charge is 0.476 e. The van der Waals surface area contributed by atoms with Crippen LogP contribution in [0, 0.1) is 12.8 Å². The molecule has 0 saturated carbocycles. The van der Waals surface area contributed by atoms with Crippen LogP contribution in [0.2, 0.25) is 5.02 Å². The van der Waals surface area contributed by atoms with Gasteiger partial charge in [0.1, 0.15) is 0 Å². The molecule has 1 aromatic heterocycles. The van der Waals surface area contributed by atoms with Crippen LogP contribution in [0.4, 0.5) is 0 Å². The van der Waals surface area contributed by atoms with Gasteiger partial charge in [-0.1, -0.05) is 37.6 Å². The third-order valence-electron chi connectivity index (χ3n) is 3.05. The van der Waals surface area contributed by atoms with Gasteiger partial charge < -0.3 is 5.11 Å². The van der Waals surface area contributed by atoms with Gasteiger partial charge in [0.25, 0.3) is 0 Å². The quantitative estimate of drug-likeness (QED) is 0.931. The molecule has 1 N–H and O–H groups in total. The van der Waals surface area contributed by atoms with E-state index in [1.54, 1.807) is 23.7 Å². The zero-order chi connectivity index (χ0) is 14.9. The van der Waals surface area contributed by atoms with Crippen LogP contribution in [0.1, 0.15) is 29.9 Å². The topological polar surface area (TPSA) is 55.1 Å². The maximum absolute atomic E-state index is 11.3. The Morgan fingerprint density at radius 1 is 1.35 bits per heavy atom. The normalized spacial score (nSPS) is 11.1. The van der Waals surface area contributed by atoms with Gasteiger partial charge in [-0.05, 0) is 25.0 Å². The van der Waals surface area contributed by atoms with Crippen molar-refractivity contribution in [2.75, 3.05) is 0 Å². The van der Waals surface area contributed by atoms with E-state index in [-0.39, 0.29) is 5.69 Å². The Balaban J connectivity index is 2.59. The third-order valence-corrected chi connectivity index (χ3v) is 3.30. The summed E-state index contributed by atoms with van der Waals surface area (Å²) in [5.74, 6) is -0.623. The molecule has 0 aliphatic rings. The number of rotatable bonds is 4. The van der Waals surface area contributed by atoms with Gasteiger partial charge in [-0.3, -0.25) is 4.68 Å². The first kappa shape index (κ1) is 14.6.